The van der Waals surface area contributed by atoms with E-state index in [1.54, 1.807) is 12.1 Å². The molecule has 4 heteroatoms. The van der Waals surface area contributed by atoms with E-state index in [1.807, 2.05) is 0 Å². The molecule has 0 aliphatic carbocycles. The lowest BCUT2D eigenvalue weighted by molar-refractivity contribution is -0.120. The molecule has 0 fully saturated rings. The van der Waals surface area contributed by atoms with Crippen LogP contribution in [-0.2, 0) is 11.3 Å². The Kier molecular flexibility index (Phi) is 4.59. The first kappa shape index (κ1) is 11.2. The van der Waals surface area contributed by atoms with E-state index in [9.17, 15) is 9.18 Å². The molecule has 1 rings (SSSR count). The van der Waals surface area contributed by atoms with E-state index in [-0.39, 0.29) is 11.7 Å². The maximum absolute atomic E-state index is 12.7. The van der Waals surface area contributed by atoms with Gasteiger partial charge in [-0.2, -0.15) is 0 Å². The molecule has 0 aliphatic heterocycles. The average Bonchev–Trinajstić information content (AvgIpc) is 2.15. The molecule has 0 saturated heterocycles. The van der Waals surface area contributed by atoms with Crippen molar-refractivity contribution in [1.29, 1.82) is 0 Å². The lowest BCUT2D eigenvalue weighted by atomic mass is 10.2. The fourth-order valence-corrected chi connectivity index (χ4v) is 1.38. The molecular weight excluding hydrogens is 249 g/mol. The predicted octanol–water partition coefficient (Wildman–Crippen LogP) is 2.23. The van der Waals surface area contributed by atoms with Crippen molar-refractivity contribution in [3.8, 4) is 0 Å². The van der Waals surface area contributed by atoms with Crippen LogP contribution in [0.25, 0.3) is 0 Å². The quantitative estimate of drug-likeness (QED) is 0.826. The van der Waals surface area contributed by atoms with E-state index >= 15 is 0 Å². The molecule has 1 aromatic rings. The summed E-state index contributed by atoms with van der Waals surface area (Å²) in [5, 5.41) is 3.33. The van der Waals surface area contributed by atoms with Crippen molar-refractivity contribution < 1.29 is 9.18 Å². The second-order valence-corrected chi connectivity index (χ2v) is 3.64. The largest absolute Gasteiger partial charge is 0.352 e. The van der Waals surface area contributed by atoms with Crippen LogP contribution in [-0.4, -0.2) is 11.2 Å². The molecule has 0 aliphatic rings. The van der Waals surface area contributed by atoms with Gasteiger partial charge in [-0.1, -0.05) is 28.1 Å². The molecule has 0 atom stereocenters. The fourth-order valence-electron chi connectivity index (χ4n) is 1.02. The van der Waals surface area contributed by atoms with Crippen molar-refractivity contribution in [2.75, 3.05) is 5.33 Å². The van der Waals surface area contributed by atoms with E-state index in [4.69, 9.17) is 0 Å². The Morgan fingerprint density at radius 3 is 2.93 bits per heavy atom. The Labute approximate surface area is 90.6 Å². The number of hydrogen-bond donors (Lipinski definition) is 1. The molecule has 0 aromatic heterocycles. The summed E-state index contributed by atoms with van der Waals surface area (Å²) in [6, 6.07) is 6.19. The predicted molar refractivity (Wildman–Crippen MR) is 56.7 cm³/mol. The maximum atomic E-state index is 12.7. The van der Waals surface area contributed by atoms with Gasteiger partial charge in [-0.3, -0.25) is 4.79 Å². The van der Waals surface area contributed by atoms with Crippen molar-refractivity contribution >= 4 is 21.8 Å². The highest BCUT2D eigenvalue weighted by atomic mass is 79.9. The monoisotopic (exact) mass is 259 g/mol. The average molecular weight is 260 g/mol. The summed E-state index contributed by atoms with van der Waals surface area (Å²) in [7, 11) is 0. The molecule has 14 heavy (non-hydrogen) atoms. The van der Waals surface area contributed by atoms with Crippen LogP contribution < -0.4 is 5.32 Å². The minimum absolute atomic E-state index is 0.0360. The number of hydrogen-bond acceptors (Lipinski definition) is 1. The molecule has 1 amide bonds. The molecule has 0 heterocycles. The van der Waals surface area contributed by atoms with Gasteiger partial charge in [0.25, 0.3) is 0 Å². The number of nitrogens with one attached hydrogen (secondary N) is 1. The summed E-state index contributed by atoms with van der Waals surface area (Å²) in [5.41, 5.74) is 0.771. The molecule has 0 radical (unpaired) electrons. The minimum atomic E-state index is -0.280. The van der Waals surface area contributed by atoms with Crippen LogP contribution in [0.4, 0.5) is 4.39 Å². The van der Waals surface area contributed by atoms with Gasteiger partial charge in [0.05, 0.1) is 0 Å². The second kappa shape index (κ2) is 5.75. The van der Waals surface area contributed by atoms with E-state index in [2.05, 4.69) is 21.2 Å². The molecule has 0 bridgehead atoms. The van der Waals surface area contributed by atoms with Crippen LogP contribution in [0.15, 0.2) is 24.3 Å². The van der Waals surface area contributed by atoms with Gasteiger partial charge in [-0.15, -0.1) is 0 Å². The summed E-state index contributed by atoms with van der Waals surface area (Å²) in [4.78, 5) is 11.1. The lowest BCUT2D eigenvalue weighted by Gasteiger charge is -2.03. The molecule has 0 unspecified atom stereocenters. The summed E-state index contributed by atoms with van der Waals surface area (Å²) in [6.07, 6.45) is 0.440. The van der Waals surface area contributed by atoms with Gasteiger partial charge < -0.3 is 5.32 Å². The molecule has 1 aromatic carbocycles. The second-order valence-electron chi connectivity index (χ2n) is 2.85. The van der Waals surface area contributed by atoms with Gasteiger partial charge in [0.15, 0.2) is 0 Å². The van der Waals surface area contributed by atoms with Gasteiger partial charge >= 0.3 is 0 Å². The van der Waals surface area contributed by atoms with Gasteiger partial charge in [-0.25, -0.2) is 4.39 Å². The van der Waals surface area contributed by atoms with Crippen LogP contribution in [0.2, 0.25) is 0 Å². The molecule has 2 nitrogen and oxygen atoms in total. The van der Waals surface area contributed by atoms with Crippen molar-refractivity contribution in [2.45, 2.75) is 13.0 Å². The molecule has 76 valence electrons. The third-order valence-electron chi connectivity index (χ3n) is 1.70. The first-order chi connectivity index (χ1) is 6.72. The van der Waals surface area contributed by atoms with Crippen LogP contribution in [0.5, 0.6) is 0 Å². The number of carbonyl (C=O) groups is 1. The Morgan fingerprint density at radius 2 is 2.29 bits per heavy atom. The zero-order chi connectivity index (χ0) is 10.4. The highest BCUT2D eigenvalue weighted by Crippen LogP contribution is 2.02. The van der Waals surface area contributed by atoms with E-state index in [1.165, 1.54) is 12.1 Å². The number of halogens is 2. The zero-order valence-electron chi connectivity index (χ0n) is 7.59. The van der Waals surface area contributed by atoms with Crippen molar-refractivity contribution in [1.82, 2.24) is 5.32 Å². The normalized spacial score (nSPS) is 9.86. The van der Waals surface area contributed by atoms with Crippen LogP contribution >= 0.6 is 15.9 Å². The van der Waals surface area contributed by atoms with E-state index in [0.717, 1.165) is 5.56 Å². The Hall–Kier alpha value is -0.900. The number of benzene rings is 1. The summed E-state index contributed by atoms with van der Waals surface area (Å²) in [6.45, 7) is 0.379. The molecular formula is C10H11BrFNO. The molecule has 0 spiro atoms. The van der Waals surface area contributed by atoms with Crippen LogP contribution in [0.3, 0.4) is 0 Å². The summed E-state index contributed by atoms with van der Waals surface area (Å²) < 4.78 is 12.7. The summed E-state index contributed by atoms with van der Waals surface area (Å²) in [5.74, 6) is -0.316. The zero-order valence-corrected chi connectivity index (χ0v) is 9.18. The highest BCUT2D eigenvalue weighted by Gasteiger charge is 2.00. The van der Waals surface area contributed by atoms with E-state index < -0.39 is 0 Å². The molecule has 0 saturated carbocycles. The first-order valence-electron chi connectivity index (χ1n) is 4.29. The van der Waals surface area contributed by atoms with Crippen LogP contribution in [0, 0.1) is 5.82 Å². The molecule has 1 N–H and O–H groups in total. The van der Waals surface area contributed by atoms with Crippen molar-refractivity contribution in [3.05, 3.63) is 35.6 Å². The third kappa shape index (κ3) is 3.87. The van der Waals surface area contributed by atoms with E-state index in [0.29, 0.717) is 18.3 Å². The number of carbonyl (C=O) groups excluding carboxylic acids is 1. The fraction of sp³-hybridized carbons (Fsp3) is 0.300. The van der Waals surface area contributed by atoms with Crippen molar-refractivity contribution in [3.63, 3.8) is 0 Å². The maximum Gasteiger partial charge on any atom is 0.221 e. The van der Waals surface area contributed by atoms with Crippen molar-refractivity contribution in [2.24, 2.45) is 0 Å². The summed E-state index contributed by atoms with van der Waals surface area (Å²) >= 11 is 3.17. The Morgan fingerprint density at radius 1 is 1.50 bits per heavy atom. The standard InChI is InChI=1S/C10H11BrFNO/c11-5-4-10(14)13-7-8-2-1-3-9(12)6-8/h1-3,6H,4-5,7H2,(H,13,14). The van der Waals surface area contributed by atoms with Gasteiger partial charge in [0.1, 0.15) is 5.82 Å². The number of amides is 1. The third-order valence-corrected chi connectivity index (χ3v) is 2.10. The lowest BCUT2D eigenvalue weighted by Crippen LogP contribution is -2.22. The smallest absolute Gasteiger partial charge is 0.221 e. The highest BCUT2D eigenvalue weighted by molar-refractivity contribution is 9.09. The Balaban J connectivity index is 2.41. The van der Waals surface area contributed by atoms with Gasteiger partial charge in [-0.05, 0) is 17.7 Å². The van der Waals surface area contributed by atoms with Gasteiger partial charge in [0, 0.05) is 18.3 Å². The number of rotatable bonds is 4. The number of alkyl halides is 1. The SMILES string of the molecule is O=C(CCBr)NCc1cccc(F)c1. The minimum Gasteiger partial charge on any atom is -0.352 e. The Bertz CT molecular complexity index is 317. The van der Waals surface area contributed by atoms with Crippen LogP contribution in [0.1, 0.15) is 12.0 Å². The first-order valence-corrected chi connectivity index (χ1v) is 5.41. The van der Waals surface area contributed by atoms with Gasteiger partial charge in [0.2, 0.25) is 5.91 Å². The topological polar surface area (TPSA) is 29.1 Å².